The molecule has 0 saturated carbocycles. The molecule has 4 nitrogen and oxygen atoms in total. The molecule has 0 N–H and O–H groups in total. The topological polar surface area (TPSA) is 51.6 Å². The molecule has 0 bridgehead atoms. The number of fused-ring (bicyclic) bond motifs is 1. The van der Waals surface area contributed by atoms with Gasteiger partial charge < -0.3 is 4.42 Å². The van der Waals surface area contributed by atoms with E-state index < -0.39 is 5.63 Å². The minimum absolute atomic E-state index is 0.0705. The van der Waals surface area contributed by atoms with Gasteiger partial charge in [-0.1, -0.05) is 23.7 Å². The molecule has 2 aromatic carbocycles. The summed E-state index contributed by atoms with van der Waals surface area (Å²) in [5.74, 6) is -0.122. The second kappa shape index (κ2) is 6.07. The van der Waals surface area contributed by atoms with Gasteiger partial charge in [-0.2, -0.15) is 0 Å². The zero-order chi connectivity index (χ0) is 16.4. The fourth-order valence-corrected chi connectivity index (χ4v) is 2.47. The molecule has 0 fully saturated rings. The molecule has 3 aromatic rings. The molecule has 0 atom stereocenters. The number of ketones is 1. The molecule has 1 aromatic heterocycles. The maximum atomic E-state index is 12.4. The van der Waals surface area contributed by atoms with E-state index in [9.17, 15) is 9.59 Å². The van der Waals surface area contributed by atoms with Crippen molar-refractivity contribution < 1.29 is 9.21 Å². The van der Waals surface area contributed by atoms with E-state index in [1.807, 2.05) is 0 Å². The Balaban J connectivity index is 2.02. The van der Waals surface area contributed by atoms with Crippen molar-refractivity contribution in [2.24, 2.45) is 0 Å². The number of hydrogen-bond donors (Lipinski definition) is 0. The minimum Gasteiger partial charge on any atom is -0.424 e. The summed E-state index contributed by atoms with van der Waals surface area (Å²) >= 11 is 5.81. The van der Waals surface area contributed by atoms with Gasteiger partial charge in [-0.05, 0) is 35.9 Å². The summed E-state index contributed by atoms with van der Waals surface area (Å²) in [6.07, 6.45) is 0.0705. The van der Waals surface area contributed by atoms with Gasteiger partial charge in [-0.15, -0.1) is 0 Å². The van der Waals surface area contributed by atoms with Gasteiger partial charge in [0.2, 0.25) is 0 Å². The fraction of sp³-hybridized carbons (Fsp3) is 0.0556. The summed E-state index contributed by atoms with van der Waals surface area (Å²) in [7, 11) is 0. The minimum atomic E-state index is -0.543. The Morgan fingerprint density at radius 2 is 1.87 bits per heavy atom. The van der Waals surface area contributed by atoms with Crippen LogP contribution in [-0.2, 0) is 6.42 Å². The first kappa shape index (κ1) is 15.0. The SMILES string of the molecule is [C-]#[N+]c1ccc2c(CC(=O)c3ccc(Cl)cc3)cc(=O)oc2c1. The highest BCUT2D eigenvalue weighted by Crippen LogP contribution is 2.24. The number of hydrogen-bond acceptors (Lipinski definition) is 3. The van der Waals surface area contributed by atoms with E-state index in [0.29, 0.717) is 32.8 Å². The zero-order valence-corrected chi connectivity index (χ0v) is 12.6. The predicted octanol–water partition coefficient (Wildman–Crippen LogP) is 4.42. The number of halogens is 1. The van der Waals surface area contributed by atoms with Gasteiger partial charge in [0.25, 0.3) is 0 Å². The van der Waals surface area contributed by atoms with Crippen LogP contribution < -0.4 is 5.63 Å². The van der Waals surface area contributed by atoms with Crippen LogP contribution in [-0.4, -0.2) is 5.78 Å². The summed E-state index contributed by atoms with van der Waals surface area (Å²) in [5, 5.41) is 1.21. The molecule has 0 spiro atoms. The number of nitrogens with zero attached hydrogens (tertiary/aromatic N) is 1. The summed E-state index contributed by atoms with van der Waals surface area (Å²) in [6.45, 7) is 7.01. The fourth-order valence-electron chi connectivity index (χ4n) is 2.35. The van der Waals surface area contributed by atoms with Gasteiger partial charge >= 0.3 is 5.63 Å². The Hall–Kier alpha value is -2.90. The van der Waals surface area contributed by atoms with Gasteiger partial charge in [0.15, 0.2) is 11.5 Å². The lowest BCUT2D eigenvalue weighted by molar-refractivity contribution is 0.0993. The largest absolute Gasteiger partial charge is 0.424 e. The Kier molecular flexibility index (Phi) is 3.96. The highest BCUT2D eigenvalue weighted by atomic mass is 35.5. The summed E-state index contributed by atoms with van der Waals surface area (Å²) in [5.41, 5.74) is 1.24. The Morgan fingerprint density at radius 1 is 1.13 bits per heavy atom. The number of Topliss-reactive ketones (excluding diaryl/α,β-unsaturated/α-hetero) is 1. The second-order valence-corrected chi connectivity index (χ2v) is 5.43. The summed E-state index contributed by atoms with van der Waals surface area (Å²) in [6, 6.07) is 12.7. The van der Waals surface area contributed by atoms with Crippen LogP contribution in [0.2, 0.25) is 5.02 Å². The third kappa shape index (κ3) is 3.15. The van der Waals surface area contributed by atoms with E-state index in [-0.39, 0.29) is 12.2 Å². The van der Waals surface area contributed by atoms with Crippen LogP contribution in [0.5, 0.6) is 0 Å². The monoisotopic (exact) mass is 323 g/mol. The first-order valence-corrected chi connectivity index (χ1v) is 7.17. The zero-order valence-electron chi connectivity index (χ0n) is 11.9. The first-order chi connectivity index (χ1) is 11.1. The molecule has 0 aliphatic heterocycles. The predicted molar refractivity (Wildman–Crippen MR) is 88.2 cm³/mol. The first-order valence-electron chi connectivity index (χ1n) is 6.80. The molecule has 3 rings (SSSR count). The molecule has 0 unspecified atom stereocenters. The molecule has 0 saturated heterocycles. The maximum absolute atomic E-state index is 12.4. The third-order valence-corrected chi connectivity index (χ3v) is 3.71. The molecular formula is C18H10ClNO3. The van der Waals surface area contributed by atoms with Crippen molar-refractivity contribution in [2.75, 3.05) is 0 Å². The van der Waals surface area contributed by atoms with Crippen molar-refractivity contribution in [3.8, 4) is 0 Å². The number of carbonyl (C=O) groups excluding carboxylic acids is 1. The van der Waals surface area contributed by atoms with Crippen molar-refractivity contribution in [1.29, 1.82) is 0 Å². The second-order valence-electron chi connectivity index (χ2n) is 4.99. The summed E-state index contributed by atoms with van der Waals surface area (Å²) in [4.78, 5) is 27.4. The van der Waals surface area contributed by atoms with Crippen LogP contribution in [0.1, 0.15) is 15.9 Å². The molecule has 23 heavy (non-hydrogen) atoms. The number of rotatable bonds is 3. The van der Waals surface area contributed by atoms with Crippen LogP contribution in [0, 0.1) is 6.57 Å². The van der Waals surface area contributed by atoms with Crippen LogP contribution >= 0.6 is 11.6 Å². The average molecular weight is 324 g/mol. The van der Waals surface area contributed by atoms with E-state index in [1.54, 1.807) is 36.4 Å². The standard InChI is InChI=1S/C18H10ClNO3/c1-20-14-6-7-15-12(9-18(22)23-17(15)10-14)8-16(21)11-2-4-13(19)5-3-11/h2-7,9-10H,8H2. The van der Waals surface area contributed by atoms with Crippen LogP contribution in [0.4, 0.5) is 5.69 Å². The normalized spacial score (nSPS) is 10.4. The van der Waals surface area contributed by atoms with Crippen molar-refractivity contribution in [3.05, 3.63) is 86.5 Å². The van der Waals surface area contributed by atoms with Crippen LogP contribution in [0.3, 0.4) is 0 Å². The summed E-state index contributed by atoms with van der Waals surface area (Å²) < 4.78 is 5.12. The Bertz CT molecular complexity index is 997. The maximum Gasteiger partial charge on any atom is 0.336 e. The van der Waals surface area contributed by atoms with Crippen molar-refractivity contribution in [2.45, 2.75) is 6.42 Å². The highest BCUT2D eigenvalue weighted by molar-refractivity contribution is 6.30. The van der Waals surface area contributed by atoms with Crippen molar-refractivity contribution in [3.63, 3.8) is 0 Å². The molecule has 0 aliphatic carbocycles. The van der Waals surface area contributed by atoms with Crippen LogP contribution in [0.25, 0.3) is 15.8 Å². The van der Waals surface area contributed by atoms with E-state index in [1.165, 1.54) is 12.1 Å². The Morgan fingerprint density at radius 3 is 2.57 bits per heavy atom. The average Bonchev–Trinajstić information content (AvgIpc) is 2.54. The Labute approximate surface area is 136 Å². The van der Waals surface area contributed by atoms with E-state index in [0.717, 1.165) is 0 Å². The lowest BCUT2D eigenvalue weighted by Crippen LogP contribution is -2.07. The smallest absolute Gasteiger partial charge is 0.336 e. The van der Waals surface area contributed by atoms with Gasteiger partial charge in [0.1, 0.15) is 5.58 Å². The van der Waals surface area contributed by atoms with Gasteiger partial charge in [-0.25, -0.2) is 9.64 Å². The molecule has 1 heterocycles. The molecule has 5 heteroatoms. The quantitative estimate of drug-likeness (QED) is 0.407. The van der Waals surface area contributed by atoms with Gasteiger partial charge in [0, 0.05) is 28.5 Å². The van der Waals surface area contributed by atoms with Gasteiger partial charge in [0.05, 0.1) is 6.57 Å². The molecule has 0 radical (unpaired) electrons. The van der Waals surface area contributed by atoms with E-state index in [2.05, 4.69) is 4.85 Å². The molecule has 0 amide bonds. The lowest BCUT2D eigenvalue weighted by Gasteiger charge is -2.06. The van der Waals surface area contributed by atoms with Crippen LogP contribution in [0.15, 0.2) is 57.7 Å². The molecule has 0 aliphatic rings. The highest BCUT2D eigenvalue weighted by Gasteiger charge is 2.12. The molecule has 112 valence electrons. The molecular weight excluding hydrogens is 314 g/mol. The van der Waals surface area contributed by atoms with E-state index in [4.69, 9.17) is 22.6 Å². The third-order valence-electron chi connectivity index (χ3n) is 3.46. The number of carbonyl (C=O) groups is 1. The van der Waals surface area contributed by atoms with Crippen molar-refractivity contribution in [1.82, 2.24) is 0 Å². The van der Waals surface area contributed by atoms with Crippen molar-refractivity contribution >= 4 is 34.0 Å². The van der Waals surface area contributed by atoms with E-state index >= 15 is 0 Å². The number of benzene rings is 2. The lowest BCUT2D eigenvalue weighted by atomic mass is 10.0. The van der Waals surface area contributed by atoms with Gasteiger partial charge in [-0.3, -0.25) is 4.79 Å².